The highest BCUT2D eigenvalue weighted by Gasteiger charge is 2.13. The second-order valence-corrected chi connectivity index (χ2v) is 5.69. The van der Waals surface area contributed by atoms with Crippen molar-refractivity contribution in [2.75, 3.05) is 0 Å². The van der Waals surface area contributed by atoms with Gasteiger partial charge < -0.3 is 4.57 Å². The summed E-state index contributed by atoms with van der Waals surface area (Å²) < 4.78 is 15.6. The fourth-order valence-corrected chi connectivity index (χ4v) is 3.06. The highest BCUT2D eigenvalue weighted by molar-refractivity contribution is 7.07. The van der Waals surface area contributed by atoms with Crippen LogP contribution in [0.4, 0.5) is 4.39 Å². The zero-order chi connectivity index (χ0) is 14.1. The Bertz CT molecular complexity index is 740. The predicted octanol–water partition coefficient (Wildman–Crippen LogP) is 4.27. The van der Waals surface area contributed by atoms with Gasteiger partial charge in [-0.3, -0.25) is 0 Å². The largest absolute Gasteiger partial charge is 0.326 e. The monoisotopic (exact) mass is 329 g/mol. The van der Waals surface area contributed by atoms with E-state index in [-0.39, 0.29) is 10.9 Å². The molecule has 0 aliphatic carbocycles. The van der Waals surface area contributed by atoms with Gasteiger partial charge in [-0.1, -0.05) is 11.6 Å². The number of fused-ring (bicyclic) bond motifs is 1. The van der Waals surface area contributed by atoms with Crippen LogP contribution in [0, 0.1) is 5.82 Å². The van der Waals surface area contributed by atoms with Crippen LogP contribution in [0.2, 0.25) is 5.02 Å². The molecule has 0 saturated carbocycles. The highest BCUT2D eigenvalue weighted by Crippen LogP contribution is 2.24. The zero-order valence-electron chi connectivity index (χ0n) is 10.3. The molecule has 0 saturated heterocycles. The first-order valence-corrected chi connectivity index (χ1v) is 7.81. The Kier molecular flexibility index (Phi) is 3.92. The van der Waals surface area contributed by atoms with Crippen LogP contribution in [0.5, 0.6) is 0 Å². The van der Waals surface area contributed by atoms with E-state index < -0.39 is 5.82 Å². The Morgan fingerprint density at radius 1 is 1.35 bits per heavy atom. The summed E-state index contributed by atoms with van der Waals surface area (Å²) in [5.41, 5.74) is 4.17. The van der Waals surface area contributed by atoms with Gasteiger partial charge in [-0.15, -0.1) is 22.9 Å². The van der Waals surface area contributed by atoms with Gasteiger partial charge in [0.15, 0.2) is 0 Å². The number of hydrogen-bond donors (Lipinski definition) is 0. The SMILES string of the molecule is Fc1cc2c(cc1Cl)nc(CCl)n2CCc1cscn1. The first-order chi connectivity index (χ1) is 9.69. The third-order valence-corrected chi connectivity index (χ3v) is 4.23. The molecule has 0 fully saturated rings. The van der Waals surface area contributed by atoms with E-state index in [0.717, 1.165) is 12.1 Å². The quantitative estimate of drug-likeness (QED) is 0.669. The number of aryl methyl sites for hydroxylation is 2. The lowest BCUT2D eigenvalue weighted by Crippen LogP contribution is -2.05. The molecule has 3 nitrogen and oxygen atoms in total. The highest BCUT2D eigenvalue weighted by atomic mass is 35.5. The van der Waals surface area contributed by atoms with Crippen LogP contribution in [0.3, 0.4) is 0 Å². The molecule has 0 N–H and O–H groups in total. The van der Waals surface area contributed by atoms with Crippen molar-refractivity contribution < 1.29 is 4.39 Å². The van der Waals surface area contributed by atoms with E-state index in [9.17, 15) is 4.39 Å². The smallest absolute Gasteiger partial charge is 0.144 e. The fraction of sp³-hybridized carbons (Fsp3) is 0.231. The summed E-state index contributed by atoms with van der Waals surface area (Å²) in [7, 11) is 0. The van der Waals surface area contributed by atoms with Crippen molar-refractivity contribution in [2.45, 2.75) is 18.8 Å². The molecule has 0 amide bonds. The van der Waals surface area contributed by atoms with E-state index in [1.54, 1.807) is 16.8 Å². The normalized spacial score (nSPS) is 11.3. The maximum Gasteiger partial charge on any atom is 0.144 e. The predicted molar refractivity (Wildman–Crippen MR) is 80.1 cm³/mol. The molecule has 3 aromatic rings. The zero-order valence-corrected chi connectivity index (χ0v) is 12.6. The third kappa shape index (κ3) is 2.53. The lowest BCUT2D eigenvalue weighted by atomic mass is 10.3. The minimum absolute atomic E-state index is 0.0720. The molecule has 0 aliphatic rings. The molecule has 3 rings (SSSR count). The molecular formula is C13H10Cl2FN3S. The van der Waals surface area contributed by atoms with Gasteiger partial charge in [0.2, 0.25) is 0 Å². The molecule has 20 heavy (non-hydrogen) atoms. The van der Waals surface area contributed by atoms with Gasteiger partial charge in [0.05, 0.1) is 33.1 Å². The van der Waals surface area contributed by atoms with E-state index in [2.05, 4.69) is 9.97 Å². The second kappa shape index (κ2) is 5.68. The van der Waals surface area contributed by atoms with Crippen LogP contribution in [0.15, 0.2) is 23.0 Å². The summed E-state index contributed by atoms with van der Waals surface area (Å²) in [6.45, 7) is 0.656. The van der Waals surface area contributed by atoms with Crippen LogP contribution < -0.4 is 0 Å². The van der Waals surface area contributed by atoms with Crippen molar-refractivity contribution in [1.29, 1.82) is 0 Å². The van der Waals surface area contributed by atoms with E-state index >= 15 is 0 Å². The molecule has 2 aromatic heterocycles. The molecule has 2 heterocycles. The van der Waals surface area contributed by atoms with Crippen LogP contribution >= 0.6 is 34.5 Å². The number of imidazole rings is 1. The lowest BCUT2D eigenvalue weighted by Gasteiger charge is -2.06. The van der Waals surface area contributed by atoms with Crippen molar-refractivity contribution >= 4 is 45.6 Å². The minimum Gasteiger partial charge on any atom is -0.326 e. The number of aromatic nitrogens is 3. The maximum atomic E-state index is 13.6. The first-order valence-electron chi connectivity index (χ1n) is 5.96. The summed E-state index contributed by atoms with van der Waals surface area (Å²) in [6, 6.07) is 2.93. The molecule has 0 unspecified atom stereocenters. The number of benzene rings is 1. The average Bonchev–Trinajstić information content (AvgIpc) is 3.05. The molecule has 0 atom stereocenters. The van der Waals surface area contributed by atoms with Crippen molar-refractivity contribution in [3.05, 3.63) is 45.4 Å². The van der Waals surface area contributed by atoms with Gasteiger partial charge in [0.1, 0.15) is 11.6 Å². The number of hydrogen-bond acceptors (Lipinski definition) is 3. The van der Waals surface area contributed by atoms with Crippen molar-refractivity contribution in [1.82, 2.24) is 14.5 Å². The third-order valence-electron chi connectivity index (χ3n) is 3.06. The van der Waals surface area contributed by atoms with Gasteiger partial charge in [-0.25, -0.2) is 14.4 Å². The van der Waals surface area contributed by atoms with Gasteiger partial charge >= 0.3 is 0 Å². The molecule has 0 spiro atoms. The van der Waals surface area contributed by atoms with E-state index in [1.807, 2.05) is 9.95 Å². The summed E-state index contributed by atoms with van der Waals surface area (Å²) in [4.78, 5) is 8.63. The molecule has 0 radical (unpaired) electrons. The number of halogens is 3. The van der Waals surface area contributed by atoms with E-state index in [4.69, 9.17) is 23.2 Å². The van der Waals surface area contributed by atoms with Crippen molar-refractivity contribution in [3.8, 4) is 0 Å². The van der Waals surface area contributed by atoms with Gasteiger partial charge in [0, 0.05) is 24.4 Å². The molecule has 1 aromatic carbocycles. The summed E-state index contributed by atoms with van der Waals surface area (Å²) in [5, 5.41) is 2.07. The van der Waals surface area contributed by atoms with E-state index in [1.165, 1.54) is 12.1 Å². The fourth-order valence-electron chi connectivity index (χ4n) is 2.11. The summed E-state index contributed by atoms with van der Waals surface area (Å²) in [6.07, 6.45) is 0.753. The minimum atomic E-state index is -0.449. The second-order valence-electron chi connectivity index (χ2n) is 4.30. The Balaban J connectivity index is 2.01. The maximum absolute atomic E-state index is 13.6. The lowest BCUT2D eigenvalue weighted by molar-refractivity contribution is 0.626. The molecule has 0 aliphatic heterocycles. The van der Waals surface area contributed by atoms with Crippen molar-refractivity contribution in [2.24, 2.45) is 0 Å². The number of rotatable bonds is 4. The van der Waals surface area contributed by atoms with Gasteiger partial charge in [-0.2, -0.15) is 0 Å². The van der Waals surface area contributed by atoms with Crippen LogP contribution in [0.25, 0.3) is 11.0 Å². The Labute approximate surface area is 129 Å². The molecule has 0 bridgehead atoms. The molecule has 7 heteroatoms. The Hall–Kier alpha value is -1.17. The Morgan fingerprint density at radius 3 is 2.90 bits per heavy atom. The number of alkyl halides is 1. The van der Waals surface area contributed by atoms with E-state index in [0.29, 0.717) is 23.4 Å². The van der Waals surface area contributed by atoms with Crippen LogP contribution in [-0.4, -0.2) is 14.5 Å². The standard InChI is InChI=1S/C13H10Cl2FN3S/c14-5-13-18-11-3-9(15)10(16)4-12(11)19(13)2-1-8-6-20-7-17-8/h3-4,6-7H,1-2,5H2. The van der Waals surface area contributed by atoms with Crippen molar-refractivity contribution in [3.63, 3.8) is 0 Å². The topological polar surface area (TPSA) is 30.7 Å². The van der Waals surface area contributed by atoms with Gasteiger partial charge in [-0.05, 0) is 6.07 Å². The molecule has 104 valence electrons. The Morgan fingerprint density at radius 2 is 2.20 bits per heavy atom. The summed E-state index contributed by atoms with van der Waals surface area (Å²) in [5.74, 6) is 0.527. The molecular weight excluding hydrogens is 320 g/mol. The van der Waals surface area contributed by atoms with Gasteiger partial charge in [0.25, 0.3) is 0 Å². The number of nitrogens with zero attached hydrogens (tertiary/aromatic N) is 3. The van der Waals surface area contributed by atoms with Crippen LogP contribution in [-0.2, 0) is 18.8 Å². The summed E-state index contributed by atoms with van der Waals surface area (Å²) >= 11 is 13.3. The van der Waals surface area contributed by atoms with Crippen LogP contribution in [0.1, 0.15) is 11.5 Å². The number of thiazole rings is 1. The first kappa shape index (κ1) is 13.8. The average molecular weight is 330 g/mol.